The average Bonchev–Trinajstić information content (AvgIpc) is 3.15. The molecule has 56 heavy (non-hydrogen) atoms. The number of carboxylic acids is 1. The first-order valence-corrected chi connectivity index (χ1v) is 17.5. The highest BCUT2D eigenvalue weighted by molar-refractivity contribution is 5.76. The van der Waals surface area contributed by atoms with Crippen molar-refractivity contribution in [3.63, 3.8) is 0 Å². The summed E-state index contributed by atoms with van der Waals surface area (Å²) in [6, 6.07) is -3.24. The Balaban J connectivity index is 1.95. The molecule has 3 fully saturated rings. The molecule has 25 heteroatoms. The number of rotatable bonds is 18. The van der Waals surface area contributed by atoms with Crippen LogP contribution in [0.1, 0.15) is 27.2 Å². The van der Waals surface area contributed by atoms with E-state index < -0.39 is 173 Å². The highest BCUT2D eigenvalue weighted by Gasteiger charge is 2.57. The summed E-state index contributed by atoms with van der Waals surface area (Å²) in [4.78, 5) is 36.5. The molecule has 0 aromatic carbocycles. The molecule has 20 atom stereocenters. The highest BCUT2D eigenvalue weighted by atomic mass is 16.8. The first-order valence-electron chi connectivity index (χ1n) is 17.5. The Morgan fingerprint density at radius 3 is 2.00 bits per heavy atom. The van der Waals surface area contributed by atoms with Crippen molar-refractivity contribution in [2.45, 2.75) is 149 Å². The van der Waals surface area contributed by atoms with Gasteiger partial charge in [-0.05, 0) is 6.92 Å². The van der Waals surface area contributed by atoms with Crippen molar-refractivity contribution >= 4 is 17.8 Å². The second-order valence-corrected chi connectivity index (χ2v) is 13.8. The van der Waals surface area contributed by atoms with Crippen LogP contribution in [0.4, 0.5) is 0 Å². The number of carbonyl (C=O) groups is 3. The average molecular weight is 823 g/mol. The summed E-state index contributed by atoms with van der Waals surface area (Å²) in [5.74, 6) is -6.54. The van der Waals surface area contributed by atoms with Crippen molar-refractivity contribution in [3.05, 3.63) is 0 Å². The molecule has 326 valence electrons. The smallest absolute Gasteiger partial charge is 0.364 e. The molecule has 20 unspecified atom stereocenters. The molecule has 16 N–H and O–H groups in total. The molecule has 0 bridgehead atoms. The maximum Gasteiger partial charge on any atom is 0.364 e. The summed E-state index contributed by atoms with van der Waals surface area (Å²) < 4.78 is 33.3. The van der Waals surface area contributed by atoms with E-state index in [0.29, 0.717) is 0 Å². The SMILES string of the molecule is CC(=O)NC(CO)C(OC1OC(CO)C(O)C(O)C1OC1OC(C)C(O)C(O)C1O)C(O)C(O)COC1(C(=O)O)CC(O)C(NC(C)=O)C(C(O)C(O)CO)O1. The number of carbonyl (C=O) groups excluding carboxylic acids is 2. The Morgan fingerprint density at radius 1 is 0.821 bits per heavy atom. The van der Waals surface area contributed by atoms with Crippen molar-refractivity contribution in [2.24, 2.45) is 0 Å². The molecule has 3 saturated heterocycles. The predicted molar refractivity (Wildman–Crippen MR) is 175 cm³/mol. The minimum atomic E-state index is -2.98. The number of aliphatic carboxylic acids is 1. The van der Waals surface area contributed by atoms with Crippen LogP contribution in [0.25, 0.3) is 0 Å². The molecular formula is C31H54N2O23. The van der Waals surface area contributed by atoms with E-state index >= 15 is 0 Å². The van der Waals surface area contributed by atoms with Crippen LogP contribution in [-0.4, -0.2) is 238 Å². The number of hydrogen-bond donors (Lipinski definition) is 16. The third kappa shape index (κ3) is 11.0. The van der Waals surface area contributed by atoms with Gasteiger partial charge < -0.3 is 111 Å². The molecule has 2 amide bonds. The number of aliphatic hydroxyl groups is 13. The van der Waals surface area contributed by atoms with Gasteiger partial charge in [0, 0.05) is 20.3 Å². The van der Waals surface area contributed by atoms with Crippen LogP contribution in [0.3, 0.4) is 0 Å². The molecule has 3 aliphatic heterocycles. The first-order chi connectivity index (χ1) is 26.1. The van der Waals surface area contributed by atoms with Gasteiger partial charge in [-0.3, -0.25) is 9.59 Å². The van der Waals surface area contributed by atoms with Gasteiger partial charge in [-0.25, -0.2) is 4.79 Å². The lowest BCUT2D eigenvalue weighted by Gasteiger charge is -2.47. The number of ether oxygens (including phenoxy) is 6. The van der Waals surface area contributed by atoms with E-state index in [4.69, 9.17) is 28.4 Å². The fourth-order valence-corrected chi connectivity index (χ4v) is 6.47. The van der Waals surface area contributed by atoms with Crippen molar-refractivity contribution in [1.29, 1.82) is 0 Å². The van der Waals surface area contributed by atoms with E-state index in [1.165, 1.54) is 6.92 Å². The van der Waals surface area contributed by atoms with Gasteiger partial charge in [-0.15, -0.1) is 0 Å². The Morgan fingerprint density at radius 2 is 1.46 bits per heavy atom. The summed E-state index contributed by atoms with van der Waals surface area (Å²) in [6.45, 7) is -0.978. The van der Waals surface area contributed by atoms with Gasteiger partial charge in [0.1, 0.15) is 79.4 Å². The van der Waals surface area contributed by atoms with Gasteiger partial charge in [0.2, 0.25) is 11.8 Å². The summed E-state index contributed by atoms with van der Waals surface area (Å²) in [6.07, 6.45) is -33.6. The number of carboxylic acid groups (broad SMARTS) is 1. The minimum Gasteiger partial charge on any atom is -0.477 e. The molecule has 3 aliphatic rings. The third-order valence-electron chi connectivity index (χ3n) is 9.60. The monoisotopic (exact) mass is 822 g/mol. The summed E-state index contributed by atoms with van der Waals surface area (Å²) >= 11 is 0. The number of amides is 2. The second kappa shape index (κ2) is 20.6. The van der Waals surface area contributed by atoms with Crippen LogP contribution < -0.4 is 10.6 Å². The molecular weight excluding hydrogens is 768 g/mol. The molecule has 0 aliphatic carbocycles. The van der Waals surface area contributed by atoms with E-state index in [1.807, 2.05) is 0 Å². The van der Waals surface area contributed by atoms with E-state index in [1.54, 1.807) is 0 Å². The van der Waals surface area contributed by atoms with Crippen molar-refractivity contribution in [1.82, 2.24) is 10.6 Å². The maximum atomic E-state index is 12.6. The zero-order chi connectivity index (χ0) is 42.4. The van der Waals surface area contributed by atoms with Gasteiger partial charge in [-0.1, -0.05) is 0 Å². The zero-order valence-electron chi connectivity index (χ0n) is 30.4. The van der Waals surface area contributed by atoms with Crippen LogP contribution in [0.5, 0.6) is 0 Å². The van der Waals surface area contributed by atoms with Gasteiger partial charge in [0.15, 0.2) is 12.6 Å². The van der Waals surface area contributed by atoms with Crippen LogP contribution >= 0.6 is 0 Å². The van der Waals surface area contributed by atoms with Gasteiger partial charge in [0.05, 0.1) is 50.7 Å². The van der Waals surface area contributed by atoms with Gasteiger partial charge in [-0.2, -0.15) is 0 Å². The molecule has 0 spiro atoms. The largest absolute Gasteiger partial charge is 0.477 e. The van der Waals surface area contributed by atoms with E-state index in [2.05, 4.69) is 10.6 Å². The lowest BCUT2D eigenvalue weighted by atomic mass is 9.88. The van der Waals surface area contributed by atoms with Crippen molar-refractivity contribution < 1.29 is 114 Å². The summed E-state index contributed by atoms with van der Waals surface area (Å²) in [5.41, 5.74) is 0. The van der Waals surface area contributed by atoms with E-state index in [-0.39, 0.29) is 0 Å². The van der Waals surface area contributed by atoms with Gasteiger partial charge >= 0.3 is 5.97 Å². The van der Waals surface area contributed by atoms with Crippen LogP contribution in [0.15, 0.2) is 0 Å². The van der Waals surface area contributed by atoms with Gasteiger partial charge in [0.25, 0.3) is 5.79 Å². The highest BCUT2D eigenvalue weighted by Crippen LogP contribution is 2.35. The molecule has 0 saturated carbocycles. The molecule has 0 aromatic heterocycles. The lowest BCUT2D eigenvalue weighted by Crippen LogP contribution is -2.68. The summed E-state index contributed by atoms with van der Waals surface area (Å²) in [7, 11) is 0. The maximum absolute atomic E-state index is 12.6. The second-order valence-electron chi connectivity index (χ2n) is 13.8. The molecule has 0 aromatic rings. The fraction of sp³-hybridized carbons (Fsp3) is 0.903. The van der Waals surface area contributed by atoms with Crippen LogP contribution in [0, 0.1) is 0 Å². The molecule has 3 heterocycles. The third-order valence-corrected chi connectivity index (χ3v) is 9.60. The van der Waals surface area contributed by atoms with Crippen molar-refractivity contribution in [2.75, 3.05) is 26.4 Å². The predicted octanol–water partition coefficient (Wildman–Crippen LogP) is -9.59. The Hall–Kier alpha value is -2.35. The number of aliphatic hydroxyl groups excluding tert-OH is 13. The number of nitrogens with one attached hydrogen (secondary N) is 2. The normalized spacial score (nSPS) is 39.8. The summed E-state index contributed by atoms with van der Waals surface area (Å²) in [5, 5.41) is 151. The molecule has 3 rings (SSSR count). The zero-order valence-corrected chi connectivity index (χ0v) is 30.4. The minimum absolute atomic E-state index is 0.769. The number of hydrogen-bond acceptors (Lipinski definition) is 22. The quantitative estimate of drug-likeness (QED) is 0.0610. The first kappa shape index (κ1) is 48.0. The van der Waals surface area contributed by atoms with Crippen LogP contribution in [-0.2, 0) is 42.8 Å². The van der Waals surface area contributed by atoms with Crippen molar-refractivity contribution in [3.8, 4) is 0 Å². The Kier molecular flexibility index (Phi) is 17.6. The fourth-order valence-electron chi connectivity index (χ4n) is 6.47. The van der Waals surface area contributed by atoms with Crippen LogP contribution in [0.2, 0.25) is 0 Å². The molecule has 0 radical (unpaired) electrons. The molecule has 25 nitrogen and oxygen atoms in total. The van der Waals surface area contributed by atoms with E-state index in [9.17, 15) is 85.9 Å². The Bertz CT molecular complexity index is 1290. The van der Waals surface area contributed by atoms with E-state index in [0.717, 1.165) is 13.8 Å². The Labute approximate surface area is 318 Å². The standard InChI is InChI=1S/C31H54N2O23/c1-9-18(42)22(46)24(48)28(52-9)55-27-23(47)21(45)16(7-36)53-29(27)54-25(12(5-34)32-10(2)37)20(44)15(41)8-51-31(30(49)50)4-13(39)17(33-11(3)38)26(56-31)19(43)14(40)6-35/h9,12-29,34-36,39-48H,4-8H2,1-3H3,(H,32,37)(H,33,38)(H,49,50). The topological polar surface area (TPSA) is 414 Å². The lowest BCUT2D eigenvalue weighted by molar-refractivity contribution is -0.373.